The number of imidazole rings is 1. The van der Waals surface area contributed by atoms with Crippen molar-refractivity contribution in [2.24, 2.45) is 0 Å². The van der Waals surface area contributed by atoms with Crippen molar-refractivity contribution in [3.8, 4) is 0 Å². The second-order valence-electron chi connectivity index (χ2n) is 4.43. The van der Waals surface area contributed by atoms with Crippen molar-refractivity contribution in [1.29, 1.82) is 0 Å². The third kappa shape index (κ3) is 2.10. The average Bonchev–Trinajstić information content (AvgIpc) is 2.88. The molecule has 0 fully saturated rings. The van der Waals surface area contributed by atoms with Gasteiger partial charge in [-0.05, 0) is 13.3 Å². The predicted molar refractivity (Wildman–Crippen MR) is 75.2 cm³/mol. The molecule has 1 aliphatic heterocycles. The quantitative estimate of drug-likeness (QED) is 0.799. The van der Waals surface area contributed by atoms with E-state index in [2.05, 4.69) is 4.98 Å². The molecule has 0 aromatic carbocycles. The highest BCUT2D eigenvalue weighted by atomic mass is 35.5. The molecule has 0 amide bonds. The minimum Gasteiger partial charge on any atom is -0.279 e. The Hall–Kier alpha value is -0.890. The van der Waals surface area contributed by atoms with E-state index in [0.717, 1.165) is 6.42 Å². The van der Waals surface area contributed by atoms with Crippen LogP contribution in [0.3, 0.4) is 0 Å². The Balaban J connectivity index is 2.09. The Morgan fingerprint density at radius 2 is 2.26 bits per heavy atom. The maximum Gasteiger partial charge on any atom is 0.262 e. The molecule has 0 N–H and O–H groups in total. The lowest BCUT2D eigenvalue weighted by Crippen LogP contribution is -2.35. The van der Waals surface area contributed by atoms with E-state index in [1.165, 1.54) is 25.6 Å². The van der Waals surface area contributed by atoms with E-state index in [0.29, 0.717) is 18.1 Å². The number of thiazole rings is 1. The summed E-state index contributed by atoms with van der Waals surface area (Å²) in [5.74, 6) is 0. The number of fused-ring (bicyclic) bond motifs is 1. The van der Waals surface area contributed by atoms with Crippen LogP contribution in [0.1, 0.15) is 13.3 Å². The summed E-state index contributed by atoms with van der Waals surface area (Å²) in [5, 5.41) is 1.90. The second kappa shape index (κ2) is 4.59. The normalized spacial score (nSPS) is 17.9. The van der Waals surface area contributed by atoms with E-state index in [9.17, 15) is 8.42 Å². The summed E-state index contributed by atoms with van der Waals surface area (Å²) >= 11 is 7.35. The molecule has 2 aromatic rings. The Morgan fingerprint density at radius 1 is 1.47 bits per heavy atom. The third-order valence-electron chi connectivity index (χ3n) is 3.16. The molecule has 3 heterocycles. The molecule has 0 spiro atoms. The average molecular weight is 318 g/mol. The predicted octanol–water partition coefficient (Wildman–Crippen LogP) is 2.39. The molecule has 5 nitrogen and oxygen atoms in total. The number of nitrogens with zero attached hydrogens (tertiary/aromatic N) is 3. The lowest BCUT2D eigenvalue weighted by atomic mass is 10.1. The van der Waals surface area contributed by atoms with Gasteiger partial charge in [-0.2, -0.15) is 4.31 Å². The molecule has 1 aliphatic rings. The van der Waals surface area contributed by atoms with Crippen molar-refractivity contribution in [1.82, 2.24) is 13.7 Å². The molecule has 102 valence electrons. The largest absolute Gasteiger partial charge is 0.279 e. The lowest BCUT2D eigenvalue weighted by Gasteiger charge is -2.24. The van der Waals surface area contributed by atoms with Crippen molar-refractivity contribution in [3.05, 3.63) is 28.4 Å². The number of hydrogen-bond acceptors (Lipinski definition) is 4. The van der Waals surface area contributed by atoms with Crippen molar-refractivity contribution in [3.63, 3.8) is 0 Å². The Morgan fingerprint density at radius 3 is 2.95 bits per heavy atom. The summed E-state index contributed by atoms with van der Waals surface area (Å²) in [6, 6.07) is 0. The standard InChI is InChI=1S/C11H12ClN3O2S2/c1-8-2-4-14(5-3-8)19(16,17)10-9(12)13-11-15(10)6-7-18-11/h2,6-7H,3-5H2,1H3. The fraction of sp³-hybridized carbons (Fsp3) is 0.364. The van der Waals surface area contributed by atoms with E-state index >= 15 is 0 Å². The summed E-state index contributed by atoms with van der Waals surface area (Å²) < 4.78 is 28.3. The highest BCUT2D eigenvalue weighted by molar-refractivity contribution is 7.89. The minimum atomic E-state index is -3.61. The van der Waals surface area contributed by atoms with Crippen LogP contribution in [0.5, 0.6) is 0 Å². The van der Waals surface area contributed by atoms with Gasteiger partial charge in [-0.15, -0.1) is 11.3 Å². The minimum absolute atomic E-state index is 0.0399. The van der Waals surface area contributed by atoms with Gasteiger partial charge < -0.3 is 0 Å². The molecule has 8 heteroatoms. The zero-order chi connectivity index (χ0) is 13.6. The number of rotatable bonds is 2. The first-order chi connectivity index (χ1) is 9.00. The van der Waals surface area contributed by atoms with Gasteiger partial charge in [0.15, 0.2) is 15.1 Å². The zero-order valence-corrected chi connectivity index (χ0v) is 12.6. The molecule has 3 rings (SSSR count). The smallest absolute Gasteiger partial charge is 0.262 e. The van der Waals surface area contributed by atoms with Gasteiger partial charge in [0.05, 0.1) is 0 Å². The highest BCUT2D eigenvalue weighted by Crippen LogP contribution is 2.29. The SMILES string of the molecule is CC1=CCN(S(=O)(=O)c2c(Cl)nc3sccn23)CC1. The zero-order valence-electron chi connectivity index (χ0n) is 10.2. The van der Waals surface area contributed by atoms with Gasteiger partial charge in [0.2, 0.25) is 0 Å². The first-order valence-corrected chi connectivity index (χ1v) is 8.47. The summed E-state index contributed by atoms with van der Waals surface area (Å²) in [4.78, 5) is 4.66. The van der Waals surface area contributed by atoms with Crippen LogP contribution >= 0.6 is 22.9 Å². The van der Waals surface area contributed by atoms with Gasteiger partial charge in [-0.1, -0.05) is 23.3 Å². The summed E-state index contributed by atoms with van der Waals surface area (Å²) in [5.41, 5.74) is 1.21. The van der Waals surface area contributed by atoms with Gasteiger partial charge in [-0.3, -0.25) is 4.40 Å². The van der Waals surface area contributed by atoms with Crippen molar-refractivity contribution >= 4 is 37.9 Å². The Kier molecular flexibility index (Phi) is 3.17. The van der Waals surface area contributed by atoms with Gasteiger partial charge >= 0.3 is 0 Å². The molecule has 0 unspecified atom stereocenters. The van der Waals surface area contributed by atoms with Crippen LogP contribution in [0, 0.1) is 0 Å². The Bertz CT molecular complexity index is 760. The van der Waals surface area contributed by atoms with Crippen LogP contribution < -0.4 is 0 Å². The first kappa shape index (κ1) is 13.1. The molecule has 0 saturated heterocycles. The van der Waals surface area contributed by atoms with Crippen LogP contribution in [0.25, 0.3) is 4.96 Å². The summed E-state index contributed by atoms with van der Waals surface area (Å²) in [6.45, 7) is 2.88. The van der Waals surface area contributed by atoms with E-state index in [1.807, 2.05) is 13.0 Å². The maximum atomic E-state index is 12.6. The van der Waals surface area contributed by atoms with Gasteiger partial charge in [-0.25, -0.2) is 13.4 Å². The van der Waals surface area contributed by atoms with Crippen LogP contribution in [0.15, 0.2) is 28.3 Å². The number of hydrogen-bond donors (Lipinski definition) is 0. The maximum absolute atomic E-state index is 12.6. The molecule has 0 bridgehead atoms. The van der Waals surface area contributed by atoms with Crippen molar-refractivity contribution in [2.75, 3.05) is 13.1 Å². The number of aromatic nitrogens is 2. The lowest BCUT2D eigenvalue weighted by molar-refractivity contribution is 0.429. The van der Waals surface area contributed by atoms with E-state index in [1.54, 1.807) is 11.6 Å². The van der Waals surface area contributed by atoms with Gasteiger partial charge in [0.1, 0.15) is 0 Å². The molecular formula is C11H12ClN3O2S2. The topological polar surface area (TPSA) is 54.7 Å². The summed E-state index contributed by atoms with van der Waals surface area (Å²) in [6.07, 6.45) is 4.36. The molecule has 0 radical (unpaired) electrons. The van der Waals surface area contributed by atoms with Crippen LogP contribution in [0.2, 0.25) is 5.15 Å². The van der Waals surface area contributed by atoms with Gasteiger partial charge in [0.25, 0.3) is 10.0 Å². The number of sulfonamides is 1. The van der Waals surface area contributed by atoms with E-state index < -0.39 is 10.0 Å². The van der Waals surface area contributed by atoms with Crippen LogP contribution in [-0.2, 0) is 10.0 Å². The van der Waals surface area contributed by atoms with E-state index in [4.69, 9.17) is 11.6 Å². The molecule has 2 aromatic heterocycles. The number of halogens is 1. The third-order valence-corrected chi connectivity index (χ3v) is 6.18. The molecule has 0 aliphatic carbocycles. The second-order valence-corrected chi connectivity index (χ2v) is 7.51. The van der Waals surface area contributed by atoms with Crippen LogP contribution in [0.4, 0.5) is 0 Å². The van der Waals surface area contributed by atoms with Crippen molar-refractivity contribution < 1.29 is 8.42 Å². The highest BCUT2D eigenvalue weighted by Gasteiger charge is 2.31. The molecule has 19 heavy (non-hydrogen) atoms. The fourth-order valence-electron chi connectivity index (χ4n) is 2.06. The van der Waals surface area contributed by atoms with Gasteiger partial charge in [0, 0.05) is 24.7 Å². The fourth-order valence-corrected chi connectivity index (χ4v) is 4.85. The Labute approximate surface area is 120 Å². The van der Waals surface area contributed by atoms with Crippen LogP contribution in [-0.4, -0.2) is 35.2 Å². The summed E-state index contributed by atoms with van der Waals surface area (Å²) in [7, 11) is -3.61. The first-order valence-electron chi connectivity index (χ1n) is 5.77. The molecule has 0 atom stereocenters. The van der Waals surface area contributed by atoms with E-state index in [-0.39, 0.29) is 10.2 Å². The molecular weight excluding hydrogens is 306 g/mol. The molecule has 0 saturated carbocycles. The van der Waals surface area contributed by atoms with Crippen molar-refractivity contribution in [2.45, 2.75) is 18.4 Å². The monoisotopic (exact) mass is 317 g/mol.